The van der Waals surface area contributed by atoms with Crippen molar-refractivity contribution in [2.24, 2.45) is 0 Å². The van der Waals surface area contributed by atoms with Crippen molar-refractivity contribution in [2.75, 3.05) is 12.4 Å². The minimum absolute atomic E-state index is 0.586. The van der Waals surface area contributed by atoms with Gasteiger partial charge in [0.2, 0.25) is 0 Å². The Kier molecular flexibility index (Phi) is 4.60. The van der Waals surface area contributed by atoms with Gasteiger partial charge in [0, 0.05) is 29.2 Å². The molecule has 1 aromatic heterocycles. The first-order chi connectivity index (χ1) is 8.70. The number of thioether (sulfide) groups is 1. The van der Waals surface area contributed by atoms with E-state index in [0.717, 1.165) is 16.4 Å². The Bertz CT molecular complexity index is 491. The van der Waals surface area contributed by atoms with Crippen molar-refractivity contribution in [3.05, 3.63) is 35.5 Å². The van der Waals surface area contributed by atoms with Gasteiger partial charge < -0.3 is 5.32 Å². The number of nitrogens with zero attached hydrogens (tertiary/aromatic N) is 2. The number of aromatic nitrogens is 2. The minimum atomic E-state index is 0.586. The summed E-state index contributed by atoms with van der Waals surface area (Å²) in [5, 5.41) is 8.31. The van der Waals surface area contributed by atoms with E-state index in [4.69, 9.17) is 0 Å². The Morgan fingerprint density at radius 2 is 2.00 bits per heavy atom. The molecule has 0 radical (unpaired) electrons. The summed E-state index contributed by atoms with van der Waals surface area (Å²) in [7, 11) is 1.90. The van der Waals surface area contributed by atoms with E-state index in [1.54, 1.807) is 11.8 Å². The fourth-order valence-corrected chi connectivity index (χ4v) is 3.05. The van der Waals surface area contributed by atoms with Crippen LogP contribution in [0.1, 0.15) is 31.0 Å². The topological polar surface area (TPSA) is 37.8 Å². The molecule has 1 aromatic carbocycles. The van der Waals surface area contributed by atoms with Crippen molar-refractivity contribution < 1.29 is 0 Å². The van der Waals surface area contributed by atoms with Gasteiger partial charge >= 0.3 is 0 Å². The lowest BCUT2D eigenvalue weighted by Crippen LogP contribution is -1.91. The highest BCUT2D eigenvalue weighted by Gasteiger charge is 2.07. The molecule has 96 valence electrons. The van der Waals surface area contributed by atoms with Gasteiger partial charge in [0.1, 0.15) is 10.7 Å². The largest absolute Gasteiger partial charge is 0.377 e. The number of hydrogen-bond acceptors (Lipinski definition) is 5. The molecule has 0 fully saturated rings. The van der Waals surface area contributed by atoms with Crippen LogP contribution in [-0.4, -0.2) is 16.6 Å². The van der Waals surface area contributed by atoms with Crippen LogP contribution in [0.2, 0.25) is 0 Å². The Labute approximate surface area is 116 Å². The molecule has 5 heteroatoms. The quantitative estimate of drug-likeness (QED) is 0.840. The van der Waals surface area contributed by atoms with Gasteiger partial charge in [-0.25, -0.2) is 0 Å². The zero-order valence-corrected chi connectivity index (χ0v) is 12.4. The molecule has 2 aromatic rings. The predicted molar refractivity (Wildman–Crippen MR) is 79.5 cm³/mol. The summed E-state index contributed by atoms with van der Waals surface area (Å²) in [6.07, 6.45) is 0. The second-order valence-electron chi connectivity index (χ2n) is 4.31. The molecule has 0 amide bonds. The molecule has 18 heavy (non-hydrogen) atoms. The van der Waals surface area contributed by atoms with Crippen molar-refractivity contribution in [3.63, 3.8) is 0 Å². The van der Waals surface area contributed by atoms with E-state index >= 15 is 0 Å². The predicted octanol–water partition coefficient (Wildman–Crippen LogP) is 4.00. The summed E-state index contributed by atoms with van der Waals surface area (Å²) in [4.78, 5) is 1.27. The smallest absolute Gasteiger partial charge is 0.133 e. The normalized spacial score (nSPS) is 10.9. The summed E-state index contributed by atoms with van der Waals surface area (Å²) < 4.78 is 3.96. The molecule has 0 unspecified atom stereocenters. The lowest BCUT2D eigenvalue weighted by molar-refractivity contribution is 0.865. The number of rotatable bonds is 5. The van der Waals surface area contributed by atoms with Crippen LogP contribution in [0.15, 0.2) is 29.2 Å². The molecule has 0 saturated carbocycles. The van der Waals surface area contributed by atoms with Crippen LogP contribution < -0.4 is 5.32 Å². The van der Waals surface area contributed by atoms with Gasteiger partial charge in [-0.1, -0.05) is 30.5 Å². The molecule has 1 N–H and O–H groups in total. The van der Waals surface area contributed by atoms with E-state index in [1.807, 2.05) is 7.05 Å². The summed E-state index contributed by atoms with van der Waals surface area (Å²) in [5.74, 6) is 1.44. The number of hydrogen-bond donors (Lipinski definition) is 1. The summed E-state index contributed by atoms with van der Waals surface area (Å²) >= 11 is 3.20. The maximum Gasteiger partial charge on any atom is 0.133 e. The van der Waals surface area contributed by atoms with Crippen LogP contribution in [0.4, 0.5) is 5.00 Å². The zero-order valence-electron chi connectivity index (χ0n) is 10.8. The number of benzene rings is 1. The third-order valence-electron chi connectivity index (χ3n) is 2.71. The molecular weight excluding hydrogens is 262 g/mol. The Balaban J connectivity index is 1.98. The molecule has 3 nitrogen and oxygen atoms in total. The van der Waals surface area contributed by atoms with Crippen molar-refractivity contribution in [1.82, 2.24) is 9.59 Å². The molecule has 0 saturated heterocycles. The van der Waals surface area contributed by atoms with Crippen molar-refractivity contribution >= 4 is 28.3 Å². The standard InChI is InChI=1S/C13H17N3S2/c1-9(2)10-4-6-11(7-5-10)17-8-12-13(14-3)18-16-15-12/h4-7,9,14H,8H2,1-3H3. The fourth-order valence-electron chi connectivity index (χ4n) is 1.59. The highest BCUT2D eigenvalue weighted by Crippen LogP contribution is 2.28. The van der Waals surface area contributed by atoms with Crippen LogP contribution in [0.5, 0.6) is 0 Å². The van der Waals surface area contributed by atoms with E-state index in [0.29, 0.717) is 5.92 Å². The maximum absolute atomic E-state index is 4.13. The molecule has 2 rings (SSSR count). The minimum Gasteiger partial charge on any atom is -0.377 e. The van der Waals surface area contributed by atoms with Crippen LogP contribution in [-0.2, 0) is 5.75 Å². The van der Waals surface area contributed by atoms with Crippen LogP contribution >= 0.6 is 23.3 Å². The van der Waals surface area contributed by atoms with E-state index < -0.39 is 0 Å². The Morgan fingerprint density at radius 1 is 1.28 bits per heavy atom. The molecule has 1 heterocycles. The highest BCUT2D eigenvalue weighted by atomic mass is 32.2. The summed E-state index contributed by atoms with van der Waals surface area (Å²) in [6, 6.07) is 8.76. The first-order valence-corrected chi connectivity index (χ1v) is 7.68. The third-order valence-corrected chi connectivity index (χ3v) is 4.51. The average Bonchev–Trinajstić information content (AvgIpc) is 2.84. The first kappa shape index (κ1) is 13.4. The second kappa shape index (κ2) is 6.20. The maximum atomic E-state index is 4.13. The van der Waals surface area contributed by atoms with E-state index in [9.17, 15) is 0 Å². The average molecular weight is 279 g/mol. The lowest BCUT2D eigenvalue weighted by Gasteiger charge is -2.06. The zero-order chi connectivity index (χ0) is 13.0. The van der Waals surface area contributed by atoms with E-state index in [2.05, 4.69) is 53.0 Å². The van der Waals surface area contributed by atoms with Gasteiger partial charge in [0.25, 0.3) is 0 Å². The molecule has 0 aliphatic heterocycles. The van der Waals surface area contributed by atoms with E-state index in [-0.39, 0.29) is 0 Å². The number of nitrogens with one attached hydrogen (secondary N) is 1. The van der Waals surface area contributed by atoms with E-state index in [1.165, 1.54) is 22.0 Å². The molecule has 0 atom stereocenters. The molecule has 0 bridgehead atoms. The monoisotopic (exact) mass is 279 g/mol. The van der Waals surface area contributed by atoms with Crippen molar-refractivity contribution in [1.29, 1.82) is 0 Å². The van der Waals surface area contributed by atoms with Gasteiger partial charge in [-0.2, -0.15) is 0 Å². The van der Waals surface area contributed by atoms with Crippen LogP contribution in [0.25, 0.3) is 0 Å². The molecule has 0 spiro atoms. The summed E-state index contributed by atoms with van der Waals surface area (Å²) in [5.41, 5.74) is 2.41. The van der Waals surface area contributed by atoms with Gasteiger partial charge in [0.05, 0.1) is 0 Å². The third kappa shape index (κ3) is 3.23. The lowest BCUT2D eigenvalue weighted by atomic mass is 10.0. The van der Waals surface area contributed by atoms with Gasteiger partial charge in [-0.3, -0.25) is 0 Å². The van der Waals surface area contributed by atoms with Crippen molar-refractivity contribution in [3.8, 4) is 0 Å². The van der Waals surface area contributed by atoms with Gasteiger partial charge in [-0.05, 0) is 23.6 Å². The second-order valence-corrected chi connectivity index (χ2v) is 6.11. The Hall–Kier alpha value is -1.07. The Morgan fingerprint density at radius 3 is 2.61 bits per heavy atom. The fraction of sp³-hybridized carbons (Fsp3) is 0.385. The molecule has 0 aliphatic rings. The molecule has 0 aliphatic carbocycles. The number of anilines is 1. The van der Waals surface area contributed by atoms with Gasteiger partial charge in [0.15, 0.2) is 0 Å². The first-order valence-electron chi connectivity index (χ1n) is 5.92. The van der Waals surface area contributed by atoms with Crippen molar-refractivity contribution in [2.45, 2.75) is 30.4 Å². The van der Waals surface area contributed by atoms with Crippen LogP contribution in [0.3, 0.4) is 0 Å². The summed E-state index contributed by atoms with van der Waals surface area (Å²) in [6.45, 7) is 4.42. The molecular formula is C13H17N3S2. The highest BCUT2D eigenvalue weighted by molar-refractivity contribution is 7.98. The SMILES string of the molecule is CNc1snnc1CSc1ccc(C(C)C)cc1. The van der Waals surface area contributed by atoms with Crippen LogP contribution in [0, 0.1) is 0 Å². The van der Waals surface area contributed by atoms with Gasteiger partial charge in [-0.15, -0.1) is 16.9 Å².